The molecule has 0 saturated heterocycles. The lowest BCUT2D eigenvalue weighted by molar-refractivity contribution is -0.133. The molecule has 0 radical (unpaired) electrons. The molecule has 0 N–H and O–H groups in total. The minimum absolute atomic E-state index is 0.108. The fourth-order valence-corrected chi connectivity index (χ4v) is 2.94. The Balaban J connectivity index is 1.67. The van der Waals surface area contributed by atoms with E-state index in [1.165, 1.54) is 11.3 Å². The minimum Gasteiger partial charge on any atom is -0.490 e. The Hall–Kier alpha value is -2.73. The van der Waals surface area contributed by atoms with Crippen molar-refractivity contribution in [3.05, 3.63) is 59.9 Å². The maximum atomic E-state index is 12.2. The van der Waals surface area contributed by atoms with E-state index in [0.717, 1.165) is 10.6 Å². The summed E-state index contributed by atoms with van der Waals surface area (Å²) in [6.07, 6.45) is 3.57. The van der Waals surface area contributed by atoms with Crippen molar-refractivity contribution in [2.24, 2.45) is 0 Å². The van der Waals surface area contributed by atoms with E-state index < -0.39 is 0 Å². The number of rotatable bonds is 6. The molecular weight excluding hydrogens is 324 g/mol. The first-order valence-corrected chi connectivity index (χ1v) is 8.41. The SMILES string of the molecule is CCOc1ccccc1OC(=O)Cc1csc(-c2cccnc2)n1. The second kappa shape index (κ2) is 7.70. The number of hydrogen-bond acceptors (Lipinski definition) is 6. The summed E-state index contributed by atoms with van der Waals surface area (Å²) < 4.78 is 10.9. The number of carbonyl (C=O) groups excluding carboxylic acids is 1. The van der Waals surface area contributed by atoms with Crippen LogP contribution in [0.15, 0.2) is 54.2 Å². The van der Waals surface area contributed by atoms with Crippen molar-refractivity contribution in [2.75, 3.05) is 6.61 Å². The summed E-state index contributed by atoms with van der Waals surface area (Å²) in [6.45, 7) is 2.39. The lowest BCUT2D eigenvalue weighted by Gasteiger charge is -2.09. The maximum absolute atomic E-state index is 12.2. The molecule has 0 unspecified atom stereocenters. The summed E-state index contributed by atoms with van der Waals surface area (Å²) in [5.74, 6) is 0.611. The van der Waals surface area contributed by atoms with Crippen molar-refractivity contribution in [3.63, 3.8) is 0 Å². The lowest BCUT2D eigenvalue weighted by atomic mass is 10.3. The summed E-state index contributed by atoms with van der Waals surface area (Å²) in [4.78, 5) is 20.7. The Morgan fingerprint density at radius 1 is 1.17 bits per heavy atom. The first kappa shape index (κ1) is 16.1. The van der Waals surface area contributed by atoms with Gasteiger partial charge in [0.2, 0.25) is 0 Å². The van der Waals surface area contributed by atoms with Crippen LogP contribution >= 0.6 is 11.3 Å². The first-order chi connectivity index (χ1) is 11.8. The van der Waals surface area contributed by atoms with E-state index in [2.05, 4.69) is 9.97 Å². The largest absolute Gasteiger partial charge is 0.490 e. The predicted octanol–water partition coefficient (Wildman–Crippen LogP) is 3.75. The number of esters is 1. The predicted molar refractivity (Wildman–Crippen MR) is 92.3 cm³/mol. The van der Waals surface area contributed by atoms with Gasteiger partial charge in [0, 0.05) is 23.3 Å². The van der Waals surface area contributed by atoms with Gasteiger partial charge in [-0.25, -0.2) is 4.98 Å². The molecule has 5 nitrogen and oxygen atoms in total. The van der Waals surface area contributed by atoms with Crippen molar-refractivity contribution < 1.29 is 14.3 Å². The van der Waals surface area contributed by atoms with Crippen LogP contribution in [-0.4, -0.2) is 22.5 Å². The molecule has 0 aliphatic rings. The Morgan fingerprint density at radius 2 is 2.00 bits per heavy atom. The normalized spacial score (nSPS) is 10.4. The molecule has 0 atom stereocenters. The number of hydrogen-bond donors (Lipinski definition) is 0. The molecule has 0 bridgehead atoms. The molecule has 0 saturated carbocycles. The summed E-state index contributed by atoms with van der Waals surface area (Å²) in [6, 6.07) is 10.9. The third-order valence-corrected chi connectivity index (χ3v) is 4.10. The van der Waals surface area contributed by atoms with E-state index in [1.54, 1.807) is 30.6 Å². The number of nitrogens with zero attached hydrogens (tertiary/aromatic N) is 2. The van der Waals surface area contributed by atoms with E-state index in [4.69, 9.17) is 9.47 Å². The highest BCUT2D eigenvalue weighted by Crippen LogP contribution is 2.27. The minimum atomic E-state index is -0.370. The zero-order valence-electron chi connectivity index (χ0n) is 13.1. The number of carbonyl (C=O) groups is 1. The van der Waals surface area contributed by atoms with Crippen LogP contribution in [0.1, 0.15) is 12.6 Å². The van der Waals surface area contributed by atoms with E-state index in [0.29, 0.717) is 23.8 Å². The molecule has 3 rings (SSSR count). The maximum Gasteiger partial charge on any atom is 0.317 e. The van der Waals surface area contributed by atoms with Crippen molar-refractivity contribution >= 4 is 17.3 Å². The average Bonchev–Trinajstić information content (AvgIpc) is 3.06. The third-order valence-electron chi connectivity index (χ3n) is 3.16. The molecule has 3 aromatic rings. The molecule has 24 heavy (non-hydrogen) atoms. The van der Waals surface area contributed by atoms with Gasteiger partial charge in [-0.05, 0) is 31.2 Å². The van der Waals surface area contributed by atoms with Crippen molar-refractivity contribution in [2.45, 2.75) is 13.3 Å². The van der Waals surface area contributed by atoms with Gasteiger partial charge in [0.1, 0.15) is 5.01 Å². The molecule has 0 spiro atoms. The molecule has 122 valence electrons. The Morgan fingerprint density at radius 3 is 2.75 bits per heavy atom. The number of pyridine rings is 1. The number of ether oxygens (including phenoxy) is 2. The van der Waals surface area contributed by atoms with E-state index >= 15 is 0 Å². The van der Waals surface area contributed by atoms with E-state index in [1.807, 2.05) is 30.5 Å². The van der Waals surface area contributed by atoms with Crippen LogP contribution in [0, 0.1) is 0 Å². The second-order valence-electron chi connectivity index (χ2n) is 4.92. The molecule has 0 fully saturated rings. The lowest BCUT2D eigenvalue weighted by Crippen LogP contribution is -2.12. The van der Waals surface area contributed by atoms with E-state index in [-0.39, 0.29) is 12.4 Å². The monoisotopic (exact) mass is 340 g/mol. The highest BCUT2D eigenvalue weighted by molar-refractivity contribution is 7.13. The van der Waals surface area contributed by atoms with Gasteiger partial charge >= 0.3 is 5.97 Å². The molecule has 2 aromatic heterocycles. The van der Waals surface area contributed by atoms with Gasteiger partial charge in [-0.2, -0.15) is 0 Å². The van der Waals surface area contributed by atoms with Crippen LogP contribution in [0.25, 0.3) is 10.6 Å². The number of aromatic nitrogens is 2. The fourth-order valence-electron chi connectivity index (χ4n) is 2.13. The molecule has 0 aliphatic heterocycles. The van der Waals surface area contributed by atoms with Gasteiger partial charge in [-0.1, -0.05) is 12.1 Å². The van der Waals surface area contributed by atoms with E-state index in [9.17, 15) is 4.79 Å². The fraction of sp³-hybridized carbons (Fsp3) is 0.167. The zero-order chi connectivity index (χ0) is 16.8. The third kappa shape index (κ3) is 3.97. The zero-order valence-corrected chi connectivity index (χ0v) is 14.0. The number of thiazole rings is 1. The first-order valence-electron chi connectivity index (χ1n) is 7.53. The summed E-state index contributed by atoms with van der Waals surface area (Å²) in [5.41, 5.74) is 1.61. The molecular formula is C18H16N2O3S. The Labute approximate surface area is 143 Å². The number of benzene rings is 1. The van der Waals surface area contributed by atoms with Gasteiger partial charge in [-0.15, -0.1) is 11.3 Å². The van der Waals surface area contributed by atoms with Crippen molar-refractivity contribution in [1.29, 1.82) is 0 Å². The Kier molecular flexibility index (Phi) is 5.18. The highest BCUT2D eigenvalue weighted by Gasteiger charge is 2.13. The van der Waals surface area contributed by atoms with Crippen LogP contribution in [0.4, 0.5) is 0 Å². The van der Waals surface area contributed by atoms with Crippen LogP contribution in [-0.2, 0) is 11.2 Å². The topological polar surface area (TPSA) is 61.3 Å². The van der Waals surface area contributed by atoms with Gasteiger partial charge in [0.15, 0.2) is 11.5 Å². The molecule has 2 heterocycles. The van der Waals surface area contributed by atoms with Crippen molar-refractivity contribution in [1.82, 2.24) is 9.97 Å². The van der Waals surface area contributed by atoms with Crippen LogP contribution in [0.2, 0.25) is 0 Å². The molecule has 6 heteroatoms. The summed E-state index contributed by atoms with van der Waals surface area (Å²) in [5, 5.41) is 2.69. The number of para-hydroxylation sites is 2. The second-order valence-corrected chi connectivity index (χ2v) is 5.77. The highest BCUT2D eigenvalue weighted by atomic mass is 32.1. The van der Waals surface area contributed by atoms with Crippen LogP contribution < -0.4 is 9.47 Å². The summed E-state index contributed by atoms with van der Waals surface area (Å²) >= 11 is 1.48. The van der Waals surface area contributed by atoms with Gasteiger partial charge in [0.05, 0.1) is 18.7 Å². The van der Waals surface area contributed by atoms with Gasteiger partial charge in [0.25, 0.3) is 0 Å². The smallest absolute Gasteiger partial charge is 0.317 e. The molecule has 1 aromatic carbocycles. The Bertz CT molecular complexity index is 818. The quantitative estimate of drug-likeness (QED) is 0.505. The van der Waals surface area contributed by atoms with Crippen LogP contribution in [0.5, 0.6) is 11.5 Å². The standard InChI is InChI=1S/C18H16N2O3S/c1-2-22-15-7-3-4-8-16(15)23-17(21)10-14-12-24-18(20-14)13-6-5-9-19-11-13/h3-9,11-12H,2,10H2,1H3. The van der Waals surface area contributed by atoms with Crippen molar-refractivity contribution in [3.8, 4) is 22.1 Å². The molecule has 0 amide bonds. The molecule has 0 aliphatic carbocycles. The van der Waals surface area contributed by atoms with Crippen LogP contribution in [0.3, 0.4) is 0 Å². The van der Waals surface area contributed by atoms with Gasteiger partial charge < -0.3 is 9.47 Å². The average molecular weight is 340 g/mol. The summed E-state index contributed by atoms with van der Waals surface area (Å²) in [7, 11) is 0. The van der Waals surface area contributed by atoms with Gasteiger partial charge in [-0.3, -0.25) is 9.78 Å².